The molecule has 6 heteroatoms. The van der Waals surface area contributed by atoms with E-state index in [2.05, 4.69) is 48.4 Å². The fourth-order valence-corrected chi connectivity index (χ4v) is 3.44. The number of para-hydroxylation sites is 2. The Bertz CT molecular complexity index is 968. The van der Waals surface area contributed by atoms with Gasteiger partial charge in [-0.3, -0.25) is 4.79 Å². The van der Waals surface area contributed by atoms with E-state index in [4.69, 9.17) is 0 Å². The third kappa shape index (κ3) is 4.77. The normalized spacial score (nSPS) is 12.0. The first-order valence-electron chi connectivity index (χ1n) is 8.81. The fourth-order valence-electron chi connectivity index (χ4n) is 2.66. The lowest BCUT2D eigenvalue weighted by Gasteiger charge is -2.18. The number of hydrogen-bond donors (Lipinski definition) is 1. The molecule has 2 aromatic carbocycles. The van der Waals surface area contributed by atoms with Crippen LogP contribution in [0.25, 0.3) is 11.0 Å². The van der Waals surface area contributed by atoms with Crippen molar-refractivity contribution >= 4 is 34.9 Å². The first kappa shape index (κ1) is 19.2. The monoisotopic (exact) mass is 380 g/mol. The molecule has 0 spiro atoms. The van der Waals surface area contributed by atoms with Crippen LogP contribution in [0.1, 0.15) is 31.9 Å². The second kappa shape index (κ2) is 7.96. The molecule has 1 aromatic heterocycles. The number of thioether (sulfide) groups is 1. The molecule has 5 nitrogen and oxygen atoms in total. The molecule has 1 N–H and O–H groups in total. The summed E-state index contributed by atoms with van der Waals surface area (Å²) in [5.74, 6) is 0.104. The molecule has 0 radical (unpaired) electrons. The molecule has 0 atom stereocenters. The highest BCUT2D eigenvalue weighted by atomic mass is 32.2. The van der Waals surface area contributed by atoms with Gasteiger partial charge in [-0.05, 0) is 28.7 Å². The molecule has 0 saturated carbocycles. The summed E-state index contributed by atoms with van der Waals surface area (Å²) >= 11 is 1.40. The number of hydrazone groups is 1. The topological polar surface area (TPSA) is 59.3 Å². The molecule has 0 bridgehead atoms. The van der Waals surface area contributed by atoms with Gasteiger partial charge in [0.2, 0.25) is 0 Å². The zero-order valence-corrected chi connectivity index (χ0v) is 16.9. The van der Waals surface area contributed by atoms with Crippen molar-refractivity contribution in [3.63, 3.8) is 0 Å². The van der Waals surface area contributed by atoms with Gasteiger partial charge in [0.15, 0.2) is 5.16 Å². The van der Waals surface area contributed by atoms with Crippen LogP contribution >= 0.6 is 11.8 Å². The molecule has 1 heterocycles. The Labute approximate surface area is 163 Å². The molecule has 1 amide bonds. The standard InChI is InChI=1S/C21H24N4OS/c1-21(2,3)16-11-9-15(10-12-16)13-22-24-19(26)14-27-20-23-17-7-5-6-8-18(17)25(20)4/h5-13H,14H2,1-4H3,(H,24,26). The number of imidazole rings is 1. The highest BCUT2D eigenvalue weighted by Gasteiger charge is 2.12. The predicted octanol–water partition coefficient (Wildman–Crippen LogP) is 4.11. The van der Waals surface area contributed by atoms with Crippen molar-refractivity contribution in [2.75, 3.05) is 5.75 Å². The van der Waals surface area contributed by atoms with Gasteiger partial charge in [0.25, 0.3) is 5.91 Å². The average molecular weight is 381 g/mol. The molecule has 140 valence electrons. The molecule has 0 aliphatic carbocycles. The van der Waals surface area contributed by atoms with Gasteiger partial charge < -0.3 is 4.57 Å². The van der Waals surface area contributed by atoms with Crippen LogP contribution in [0.2, 0.25) is 0 Å². The Morgan fingerprint density at radius 2 is 1.89 bits per heavy atom. The van der Waals surface area contributed by atoms with Crippen LogP contribution in [-0.2, 0) is 17.3 Å². The first-order valence-corrected chi connectivity index (χ1v) is 9.80. The minimum absolute atomic E-state index is 0.122. The van der Waals surface area contributed by atoms with Crippen LogP contribution in [0.3, 0.4) is 0 Å². The number of nitrogens with one attached hydrogen (secondary N) is 1. The summed E-state index contributed by atoms with van der Waals surface area (Å²) in [6, 6.07) is 16.1. The SMILES string of the molecule is Cn1c(SCC(=O)NN=Cc2ccc(C(C)(C)C)cc2)nc2ccccc21. The molecule has 3 rings (SSSR count). The Morgan fingerprint density at radius 1 is 1.19 bits per heavy atom. The lowest BCUT2D eigenvalue weighted by molar-refractivity contribution is -0.118. The van der Waals surface area contributed by atoms with Gasteiger partial charge in [-0.15, -0.1) is 0 Å². The van der Waals surface area contributed by atoms with Crippen molar-refractivity contribution in [2.45, 2.75) is 31.3 Å². The predicted molar refractivity (Wildman–Crippen MR) is 112 cm³/mol. The quantitative estimate of drug-likeness (QED) is 0.412. The highest BCUT2D eigenvalue weighted by molar-refractivity contribution is 7.99. The van der Waals surface area contributed by atoms with Crippen molar-refractivity contribution in [1.82, 2.24) is 15.0 Å². The van der Waals surface area contributed by atoms with Gasteiger partial charge in [-0.25, -0.2) is 10.4 Å². The largest absolute Gasteiger partial charge is 0.322 e. The summed E-state index contributed by atoms with van der Waals surface area (Å²) in [6.07, 6.45) is 1.66. The van der Waals surface area contributed by atoms with Crippen molar-refractivity contribution in [1.29, 1.82) is 0 Å². The van der Waals surface area contributed by atoms with E-state index in [0.29, 0.717) is 0 Å². The number of fused-ring (bicyclic) bond motifs is 1. The van der Waals surface area contributed by atoms with Crippen LogP contribution in [0, 0.1) is 0 Å². The van der Waals surface area contributed by atoms with Gasteiger partial charge >= 0.3 is 0 Å². The minimum atomic E-state index is -0.158. The van der Waals surface area contributed by atoms with E-state index < -0.39 is 0 Å². The number of aryl methyl sites for hydroxylation is 1. The summed E-state index contributed by atoms with van der Waals surface area (Å²) in [5, 5.41) is 4.86. The highest BCUT2D eigenvalue weighted by Crippen LogP contribution is 2.23. The Kier molecular flexibility index (Phi) is 5.65. The van der Waals surface area contributed by atoms with Gasteiger partial charge in [-0.2, -0.15) is 5.10 Å². The number of hydrogen-bond acceptors (Lipinski definition) is 4. The van der Waals surface area contributed by atoms with Crippen LogP contribution in [0.5, 0.6) is 0 Å². The van der Waals surface area contributed by atoms with Crippen molar-refractivity contribution in [3.05, 3.63) is 59.7 Å². The molecule has 3 aromatic rings. The molecule has 0 aliphatic rings. The lowest BCUT2D eigenvalue weighted by Crippen LogP contribution is -2.19. The molecular weight excluding hydrogens is 356 g/mol. The summed E-state index contributed by atoms with van der Waals surface area (Å²) < 4.78 is 1.99. The van der Waals surface area contributed by atoms with Gasteiger partial charge in [-0.1, -0.05) is 68.9 Å². The van der Waals surface area contributed by atoms with E-state index in [9.17, 15) is 4.79 Å². The maximum atomic E-state index is 12.0. The van der Waals surface area contributed by atoms with E-state index >= 15 is 0 Å². The van der Waals surface area contributed by atoms with Crippen molar-refractivity contribution in [2.24, 2.45) is 12.1 Å². The zero-order valence-electron chi connectivity index (χ0n) is 16.1. The van der Waals surface area contributed by atoms with Crippen molar-refractivity contribution < 1.29 is 4.79 Å². The Hall–Kier alpha value is -2.60. The maximum Gasteiger partial charge on any atom is 0.250 e. The van der Waals surface area contributed by atoms with E-state index in [1.54, 1.807) is 6.21 Å². The molecule has 0 aliphatic heterocycles. The lowest BCUT2D eigenvalue weighted by atomic mass is 9.87. The minimum Gasteiger partial charge on any atom is -0.322 e. The second-order valence-corrected chi connectivity index (χ2v) is 8.34. The fraction of sp³-hybridized carbons (Fsp3) is 0.286. The molecular formula is C21H24N4OS. The Morgan fingerprint density at radius 3 is 2.56 bits per heavy atom. The number of aromatic nitrogens is 2. The second-order valence-electron chi connectivity index (χ2n) is 7.40. The zero-order chi connectivity index (χ0) is 19.4. The number of carbonyl (C=O) groups excluding carboxylic acids is 1. The smallest absolute Gasteiger partial charge is 0.250 e. The summed E-state index contributed by atoms with van der Waals surface area (Å²) in [7, 11) is 1.95. The molecule has 0 fully saturated rings. The van der Waals surface area contributed by atoms with Crippen molar-refractivity contribution in [3.8, 4) is 0 Å². The van der Waals surface area contributed by atoms with Crippen LogP contribution < -0.4 is 5.43 Å². The van der Waals surface area contributed by atoms with E-state index in [-0.39, 0.29) is 17.1 Å². The number of amides is 1. The molecule has 0 unspecified atom stereocenters. The molecule has 27 heavy (non-hydrogen) atoms. The Balaban J connectivity index is 1.53. The first-order chi connectivity index (χ1) is 12.8. The number of carbonyl (C=O) groups is 1. The van der Waals surface area contributed by atoms with Crippen LogP contribution in [0.15, 0.2) is 58.8 Å². The number of nitrogens with zero attached hydrogens (tertiary/aromatic N) is 3. The third-order valence-electron chi connectivity index (χ3n) is 4.26. The summed E-state index contributed by atoms with van der Waals surface area (Å²) in [5.41, 5.74) is 6.89. The maximum absolute atomic E-state index is 12.0. The summed E-state index contributed by atoms with van der Waals surface area (Å²) in [4.78, 5) is 16.6. The number of benzene rings is 2. The number of rotatable bonds is 5. The van der Waals surface area contributed by atoms with Gasteiger partial charge in [0.05, 0.1) is 23.0 Å². The van der Waals surface area contributed by atoms with Gasteiger partial charge in [0.1, 0.15) is 0 Å². The van der Waals surface area contributed by atoms with E-state index in [1.165, 1.54) is 17.3 Å². The molecule has 0 saturated heterocycles. The third-order valence-corrected chi connectivity index (χ3v) is 5.29. The van der Waals surface area contributed by atoms with E-state index in [1.807, 2.05) is 48.0 Å². The van der Waals surface area contributed by atoms with Crippen LogP contribution in [0.4, 0.5) is 0 Å². The van der Waals surface area contributed by atoms with Crippen LogP contribution in [-0.4, -0.2) is 27.4 Å². The van der Waals surface area contributed by atoms with E-state index in [0.717, 1.165) is 21.8 Å². The summed E-state index contributed by atoms with van der Waals surface area (Å²) in [6.45, 7) is 6.54. The average Bonchev–Trinajstić information content (AvgIpc) is 2.96. The van der Waals surface area contributed by atoms with Gasteiger partial charge in [0, 0.05) is 7.05 Å².